The number of aliphatic hydroxyl groups is 1. The van der Waals surface area contributed by atoms with Gasteiger partial charge in [-0.15, -0.1) is 11.8 Å². The van der Waals surface area contributed by atoms with E-state index >= 15 is 0 Å². The monoisotopic (exact) mass is 347 g/mol. The van der Waals surface area contributed by atoms with E-state index in [1.165, 1.54) is 0 Å². The van der Waals surface area contributed by atoms with Crippen LogP contribution in [0.1, 0.15) is 36.0 Å². The predicted molar refractivity (Wildman–Crippen MR) is 97.3 cm³/mol. The first-order chi connectivity index (χ1) is 11.6. The average Bonchev–Trinajstić information content (AvgIpc) is 3.16. The van der Waals surface area contributed by atoms with Gasteiger partial charge in [-0.3, -0.25) is 4.79 Å². The highest BCUT2D eigenvalue weighted by Crippen LogP contribution is 2.46. The summed E-state index contributed by atoms with van der Waals surface area (Å²) in [4.78, 5) is 12.6. The van der Waals surface area contributed by atoms with Crippen LogP contribution in [-0.4, -0.2) is 36.5 Å². The molecule has 0 unspecified atom stereocenters. The van der Waals surface area contributed by atoms with Gasteiger partial charge in [0.25, 0.3) is 5.91 Å². The number of thioether (sulfide) groups is 1. The van der Waals surface area contributed by atoms with Gasteiger partial charge in [0.2, 0.25) is 0 Å². The molecule has 1 fully saturated rings. The first-order valence-electron chi connectivity index (χ1n) is 8.52. The smallest absolute Gasteiger partial charge is 0.255 e. The van der Waals surface area contributed by atoms with Gasteiger partial charge < -0.3 is 15.2 Å². The Morgan fingerprint density at radius 1 is 1.38 bits per heavy atom. The highest BCUT2D eigenvalue weighted by Gasteiger charge is 2.41. The number of nitrogens with one attached hydrogen (secondary N) is 1. The lowest BCUT2D eigenvalue weighted by Crippen LogP contribution is -2.45. The van der Waals surface area contributed by atoms with Crippen LogP contribution in [0.5, 0.6) is 5.75 Å². The van der Waals surface area contributed by atoms with Crippen LogP contribution in [0.25, 0.3) is 0 Å². The lowest BCUT2D eigenvalue weighted by molar-refractivity contribution is 0.0421. The minimum atomic E-state index is -0.193. The third-order valence-electron chi connectivity index (χ3n) is 5.37. The summed E-state index contributed by atoms with van der Waals surface area (Å²) in [6, 6.07) is 7.30. The number of hydrogen-bond donors (Lipinski definition) is 2. The van der Waals surface area contributed by atoms with E-state index in [0.717, 1.165) is 31.4 Å². The summed E-state index contributed by atoms with van der Waals surface area (Å²) < 4.78 is 5.29. The SMILES string of the molecule is COc1ccccc1C(=O)NCC1([C@H]2C=CSC2)CCC(O)CC1. The second-order valence-electron chi connectivity index (χ2n) is 6.74. The van der Waals surface area contributed by atoms with E-state index in [9.17, 15) is 9.90 Å². The third-order valence-corrected chi connectivity index (χ3v) is 6.27. The van der Waals surface area contributed by atoms with Gasteiger partial charge in [-0.05, 0) is 54.6 Å². The Morgan fingerprint density at radius 3 is 2.79 bits per heavy atom. The molecular weight excluding hydrogens is 322 g/mol. The van der Waals surface area contributed by atoms with E-state index in [2.05, 4.69) is 16.8 Å². The number of carbonyl (C=O) groups excluding carboxylic acids is 1. The Kier molecular flexibility index (Phi) is 5.51. The lowest BCUT2D eigenvalue weighted by Gasteiger charge is -2.43. The van der Waals surface area contributed by atoms with Crippen LogP contribution in [0.4, 0.5) is 0 Å². The van der Waals surface area contributed by atoms with Crippen LogP contribution < -0.4 is 10.1 Å². The molecule has 0 bridgehead atoms. The molecule has 0 saturated heterocycles. The molecular formula is C19H25NO3S. The zero-order valence-corrected chi connectivity index (χ0v) is 14.8. The highest BCUT2D eigenvalue weighted by molar-refractivity contribution is 8.02. The summed E-state index contributed by atoms with van der Waals surface area (Å²) in [7, 11) is 1.58. The maximum Gasteiger partial charge on any atom is 0.255 e. The molecule has 130 valence electrons. The van der Waals surface area contributed by atoms with Crippen molar-refractivity contribution in [2.45, 2.75) is 31.8 Å². The first-order valence-corrected chi connectivity index (χ1v) is 9.57. The van der Waals surface area contributed by atoms with Gasteiger partial charge in [-0.1, -0.05) is 18.2 Å². The highest BCUT2D eigenvalue weighted by atomic mass is 32.2. The number of aliphatic hydroxyl groups excluding tert-OH is 1. The number of allylic oxidation sites excluding steroid dienone is 1. The minimum Gasteiger partial charge on any atom is -0.496 e. The van der Waals surface area contributed by atoms with E-state index in [1.807, 2.05) is 23.9 Å². The predicted octanol–water partition coefficient (Wildman–Crippen LogP) is 3.22. The van der Waals surface area contributed by atoms with Crippen molar-refractivity contribution in [3.8, 4) is 5.75 Å². The van der Waals surface area contributed by atoms with E-state index in [0.29, 0.717) is 23.8 Å². The van der Waals surface area contributed by atoms with Crippen LogP contribution >= 0.6 is 11.8 Å². The van der Waals surface area contributed by atoms with Crippen molar-refractivity contribution in [3.63, 3.8) is 0 Å². The van der Waals surface area contributed by atoms with Crippen LogP contribution in [0.3, 0.4) is 0 Å². The van der Waals surface area contributed by atoms with Gasteiger partial charge in [0.1, 0.15) is 5.75 Å². The summed E-state index contributed by atoms with van der Waals surface area (Å²) in [5.74, 6) is 2.04. The molecule has 2 N–H and O–H groups in total. The maximum absolute atomic E-state index is 12.6. The Hall–Kier alpha value is -1.46. The molecule has 1 aliphatic heterocycles. The molecule has 0 aromatic heterocycles. The number of hydrogen-bond acceptors (Lipinski definition) is 4. The molecule has 1 amide bonds. The summed E-state index contributed by atoms with van der Waals surface area (Å²) in [6.45, 7) is 0.645. The number of amides is 1. The minimum absolute atomic E-state index is 0.0525. The zero-order chi connectivity index (χ0) is 17.0. The van der Waals surface area contributed by atoms with Crippen LogP contribution in [0.15, 0.2) is 35.7 Å². The summed E-state index contributed by atoms with van der Waals surface area (Å²) in [5.41, 5.74) is 0.624. The topological polar surface area (TPSA) is 58.6 Å². The van der Waals surface area contributed by atoms with Crippen molar-refractivity contribution in [3.05, 3.63) is 41.3 Å². The molecule has 0 spiro atoms. The number of benzene rings is 1. The normalized spacial score (nSPS) is 29.4. The molecule has 5 heteroatoms. The van der Waals surface area contributed by atoms with Crippen molar-refractivity contribution < 1.29 is 14.6 Å². The Morgan fingerprint density at radius 2 is 2.12 bits per heavy atom. The summed E-state index contributed by atoms with van der Waals surface area (Å²) in [5, 5.41) is 15.2. The lowest BCUT2D eigenvalue weighted by atomic mass is 9.65. The van der Waals surface area contributed by atoms with Gasteiger partial charge in [-0.25, -0.2) is 0 Å². The standard InChI is InChI=1S/C19H25NO3S/c1-23-17-5-3-2-4-16(17)18(22)20-13-19(14-8-11-24-12-14)9-6-15(21)7-10-19/h2-5,8,11,14-15,21H,6-7,9-10,12-13H2,1H3,(H,20,22)/t14-,15?,19?/m0/s1. The largest absolute Gasteiger partial charge is 0.496 e. The number of ether oxygens (including phenoxy) is 1. The van der Waals surface area contributed by atoms with Crippen molar-refractivity contribution in [1.82, 2.24) is 5.32 Å². The van der Waals surface area contributed by atoms with Crippen LogP contribution in [0, 0.1) is 11.3 Å². The fourth-order valence-corrected chi connectivity index (χ4v) is 4.87. The molecule has 4 nitrogen and oxygen atoms in total. The van der Waals surface area contributed by atoms with E-state index in [1.54, 1.807) is 19.2 Å². The zero-order valence-electron chi connectivity index (χ0n) is 14.0. The second kappa shape index (κ2) is 7.62. The molecule has 2 aliphatic rings. The Balaban J connectivity index is 1.71. The number of carbonyl (C=O) groups is 1. The Labute approximate surface area is 147 Å². The van der Waals surface area contributed by atoms with Crippen molar-refractivity contribution in [2.75, 3.05) is 19.4 Å². The fraction of sp³-hybridized carbons (Fsp3) is 0.526. The van der Waals surface area contributed by atoms with E-state index in [4.69, 9.17) is 4.74 Å². The molecule has 1 aromatic carbocycles. The molecule has 1 aliphatic carbocycles. The fourth-order valence-electron chi connectivity index (χ4n) is 3.79. The third kappa shape index (κ3) is 3.62. The van der Waals surface area contributed by atoms with E-state index < -0.39 is 0 Å². The average molecular weight is 347 g/mol. The molecule has 1 atom stereocenters. The van der Waals surface area contributed by atoms with Crippen LogP contribution in [-0.2, 0) is 0 Å². The summed E-state index contributed by atoms with van der Waals surface area (Å²) in [6.07, 6.45) is 5.63. The maximum atomic E-state index is 12.6. The molecule has 3 rings (SSSR count). The van der Waals surface area contributed by atoms with Crippen molar-refractivity contribution in [2.24, 2.45) is 11.3 Å². The first kappa shape index (κ1) is 17.4. The Bertz CT molecular complexity index is 608. The molecule has 1 saturated carbocycles. The van der Waals surface area contributed by atoms with Gasteiger partial charge in [0.15, 0.2) is 0 Å². The number of rotatable bonds is 5. The molecule has 1 aromatic rings. The number of methoxy groups -OCH3 is 1. The second-order valence-corrected chi connectivity index (χ2v) is 7.68. The van der Waals surface area contributed by atoms with Gasteiger partial charge >= 0.3 is 0 Å². The molecule has 0 radical (unpaired) electrons. The van der Waals surface area contributed by atoms with Gasteiger partial charge in [0.05, 0.1) is 18.8 Å². The van der Waals surface area contributed by atoms with Crippen molar-refractivity contribution in [1.29, 1.82) is 0 Å². The van der Waals surface area contributed by atoms with Crippen LogP contribution in [0.2, 0.25) is 0 Å². The molecule has 1 heterocycles. The van der Waals surface area contributed by atoms with Crippen molar-refractivity contribution >= 4 is 17.7 Å². The summed E-state index contributed by atoms with van der Waals surface area (Å²) >= 11 is 1.84. The van der Waals surface area contributed by atoms with Gasteiger partial charge in [-0.2, -0.15) is 0 Å². The van der Waals surface area contributed by atoms with Gasteiger partial charge in [0, 0.05) is 12.3 Å². The van der Waals surface area contributed by atoms with E-state index in [-0.39, 0.29) is 17.4 Å². The number of para-hydroxylation sites is 1. The molecule has 24 heavy (non-hydrogen) atoms. The quantitative estimate of drug-likeness (QED) is 0.859.